The summed E-state index contributed by atoms with van der Waals surface area (Å²) in [6.45, 7) is 0. The number of hydrogen-bond donors (Lipinski definition) is 1. The molecule has 0 spiro atoms. The fourth-order valence-corrected chi connectivity index (χ4v) is 3.61. The first kappa shape index (κ1) is 16.6. The maximum absolute atomic E-state index is 12.4. The number of cyclic esters (lactones) is 1. The summed E-state index contributed by atoms with van der Waals surface area (Å²) >= 11 is 7.35. The highest BCUT2D eigenvalue weighted by molar-refractivity contribution is 8.03. The first-order valence-corrected chi connectivity index (χ1v) is 8.47. The second-order valence-electron chi connectivity index (χ2n) is 5.21. The van der Waals surface area contributed by atoms with E-state index in [2.05, 4.69) is 0 Å². The van der Waals surface area contributed by atoms with Gasteiger partial charge in [-0.3, -0.25) is 4.79 Å². The molecule has 1 aliphatic heterocycles. The second kappa shape index (κ2) is 7.11. The Bertz CT molecular complexity index is 820. The van der Waals surface area contributed by atoms with Crippen LogP contribution in [-0.2, 0) is 9.53 Å². The van der Waals surface area contributed by atoms with Crippen molar-refractivity contribution < 1.29 is 14.3 Å². The third-order valence-corrected chi connectivity index (χ3v) is 5.29. The molecule has 24 heavy (non-hydrogen) atoms. The molecule has 0 radical (unpaired) electrons. The average molecular weight is 360 g/mol. The lowest BCUT2D eigenvalue weighted by Gasteiger charge is -2.14. The Hall–Kier alpha value is -2.24. The van der Waals surface area contributed by atoms with Crippen LogP contribution < -0.4 is 5.73 Å². The van der Waals surface area contributed by atoms with Crippen molar-refractivity contribution in [1.29, 1.82) is 0 Å². The normalized spacial score (nSPS) is 17.0. The number of Topliss-reactive ketones (excluding diaryl/α,β-unsaturated/α-hetero) is 1. The molecule has 2 N–H and O–H groups in total. The van der Waals surface area contributed by atoms with Gasteiger partial charge in [0.05, 0.1) is 11.3 Å². The maximum Gasteiger partial charge on any atom is 0.351 e. The Balaban J connectivity index is 1.82. The van der Waals surface area contributed by atoms with Gasteiger partial charge >= 0.3 is 5.97 Å². The minimum Gasteiger partial charge on any atom is -0.452 e. The molecule has 3 rings (SSSR count). The van der Waals surface area contributed by atoms with E-state index in [0.29, 0.717) is 16.2 Å². The summed E-state index contributed by atoms with van der Waals surface area (Å²) in [6, 6.07) is 16.1. The van der Waals surface area contributed by atoms with Crippen molar-refractivity contribution in [3.63, 3.8) is 0 Å². The van der Waals surface area contributed by atoms with Gasteiger partial charge in [-0.15, -0.1) is 0 Å². The number of ether oxygens (including phenoxy) is 1. The van der Waals surface area contributed by atoms with Crippen molar-refractivity contribution in [1.82, 2.24) is 0 Å². The molecule has 0 fully saturated rings. The molecule has 0 bridgehead atoms. The number of carbonyl (C=O) groups is 2. The Morgan fingerprint density at radius 3 is 2.50 bits per heavy atom. The molecule has 4 nitrogen and oxygen atoms in total. The highest BCUT2D eigenvalue weighted by atomic mass is 35.5. The number of halogens is 1. The number of nitrogen functional groups attached to an aromatic ring is 1. The van der Waals surface area contributed by atoms with Gasteiger partial charge in [0.2, 0.25) is 0 Å². The molecule has 0 saturated carbocycles. The number of ketones is 1. The number of rotatable bonds is 5. The average Bonchev–Trinajstić information content (AvgIpc) is 2.85. The SMILES string of the molecule is Nc1ccccc1SC1=C(Cl)C(=O)OC1CC(=O)c1ccccc1. The third-order valence-electron chi connectivity index (χ3n) is 3.54. The van der Waals surface area contributed by atoms with Gasteiger partial charge in [-0.05, 0) is 12.1 Å². The van der Waals surface area contributed by atoms with Crippen LogP contribution in [0.2, 0.25) is 0 Å². The predicted octanol–water partition coefficient (Wildman–Crippen LogP) is 4.01. The summed E-state index contributed by atoms with van der Waals surface area (Å²) in [5, 5.41) is 0.00844. The van der Waals surface area contributed by atoms with Gasteiger partial charge in [0.15, 0.2) is 5.78 Å². The van der Waals surface area contributed by atoms with Crippen molar-refractivity contribution in [3.05, 3.63) is 70.1 Å². The standard InChI is InChI=1S/C18H14ClNO3S/c19-16-17(24-15-9-5-4-8-12(15)20)14(23-18(16)22)10-13(21)11-6-2-1-3-7-11/h1-9,14H,10,20H2. The first-order valence-electron chi connectivity index (χ1n) is 7.27. The maximum atomic E-state index is 12.4. The van der Waals surface area contributed by atoms with Crippen LogP contribution in [0, 0.1) is 0 Å². The number of para-hydroxylation sites is 1. The van der Waals surface area contributed by atoms with Crippen molar-refractivity contribution in [2.24, 2.45) is 0 Å². The molecule has 1 unspecified atom stereocenters. The van der Waals surface area contributed by atoms with Crippen LogP contribution >= 0.6 is 23.4 Å². The zero-order valence-corrected chi connectivity index (χ0v) is 14.1. The van der Waals surface area contributed by atoms with Gasteiger partial charge in [0.25, 0.3) is 0 Å². The topological polar surface area (TPSA) is 69.4 Å². The summed E-state index contributed by atoms with van der Waals surface area (Å²) < 4.78 is 5.26. The molecule has 0 aliphatic carbocycles. The van der Waals surface area contributed by atoms with Gasteiger partial charge in [0, 0.05) is 16.1 Å². The van der Waals surface area contributed by atoms with Gasteiger partial charge in [-0.1, -0.05) is 65.8 Å². The van der Waals surface area contributed by atoms with Crippen LogP contribution in [0.15, 0.2) is 69.4 Å². The minimum atomic E-state index is -0.692. The zero-order valence-electron chi connectivity index (χ0n) is 12.6. The highest BCUT2D eigenvalue weighted by Crippen LogP contribution is 2.41. The Morgan fingerprint density at radius 2 is 1.79 bits per heavy atom. The van der Waals surface area contributed by atoms with Crippen molar-refractivity contribution >= 4 is 40.8 Å². The van der Waals surface area contributed by atoms with E-state index in [1.54, 1.807) is 30.3 Å². The van der Waals surface area contributed by atoms with Crippen LogP contribution in [0.1, 0.15) is 16.8 Å². The molecule has 0 saturated heterocycles. The van der Waals surface area contributed by atoms with E-state index in [1.807, 2.05) is 24.3 Å². The number of nitrogens with two attached hydrogens (primary N) is 1. The summed E-state index contributed by atoms with van der Waals surface area (Å²) in [4.78, 5) is 25.5. The number of anilines is 1. The molecular weight excluding hydrogens is 346 g/mol. The number of thioether (sulfide) groups is 1. The van der Waals surface area contributed by atoms with Crippen LogP contribution in [0.3, 0.4) is 0 Å². The van der Waals surface area contributed by atoms with Crippen LogP contribution in [-0.4, -0.2) is 17.9 Å². The molecule has 1 aliphatic rings. The van der Waals surface area contributed by atoms with Gasteiger partial charge in [-0.25, -0.2) is 4.79 Å². The molecule has 1 atom stereocenters. The lowest BCUT2D eigenvalue weighted by molar-refractivity contribution is -0.138. The molecule has 122 valence electrons. The van der Waals surface area contributed by atoms with E-state index in [0.717, 1.165) is 4.90 Å². The highest BCUT2D eigenvalue weighted by Gasteiger charge is 2.35. The number of hydrogen-bond acceptors (Lipinski definition) is 5. The van der Waals surface area contributed by atoms with Crippen LogP contribution in [0.5, 0.6) is 0 Å². The molecule has 6 heteroatoms. The lowest BCUT2D eigenvalue weighted by Crippen LogP contribution is -2.16. The molecule has 2 aromatic rings. The van der Waals surface area contributed by atoms with Crippen molar-refractivity contribution in [2.45, 2.75) is 17.4 Å². The van der Waals surface area contributed by atoms with Crippen molar-refractivity contribution in [3.8, 4) is 0 Å². The third kappa shape index (κ3) is 3.47. The van der Waals surface area contributed by atoms with E-state index in [9.17, 15) is 9.59 Å². The lowest BCUT2D eigenvalue weighted by atomic mass is 10.1. The van der Waals surface area contributed by atoms with Crippen molar-refractivity contribution in [2.75, 3.05) is 5.73 Å². The Labute approximate surface area is 148 Å². The number of benzene rings is 2. The molecule has 0 amide bonds. The molecular formula is C18H14ClNO3S. The summed E-state index contributed by atoms with van der Waals surface area (Å²) in [5.41, 5.74) is 7.08. The minimum absolute atomic E-state index is 0.00844. The van der Waals surface area contributed by atoms with E-state index in [4.69, 9.17) is 22.1 Å². The quantitative estimate of drug-likeness (QED) is 0.496. The predicted molar refractivity (Wildman–Crippen MR) is 94.9 cm³/mol. The van der Waals surface area contributed by atoms with Gasteiger partial charge in [0.1, 0.15) is 11.1 Å². The van der Waals surface area contributed by atoms with Crippen LogP contribution in [0.25, 0.3) is 0 Å². The smallest absolute Gasteiger partial charge is 0.351 e. The second-order valence-corrected chi connectivity index (χ2v) is 6.67. The summed E-state index contributed by atoms with van der Waals surface area (Å²) in [6.07, 6.45) is -0.650. The molecule has 2 aromatic carbocycles. The number of carbonyl (C=O) groups excluding carboxylic acids is 2. The number of esters is 1. The molecule has 1 heterocycles. The van der Waals surface area contributed by atoms with Crippen LogP contribution in [0.4, 0.5) is 5.69 Å². The Morgan fingerprint density at radius 1 is 1.12 bits per heavy atom. The summed E-state index contributed by atoms with van der Waals surface area (Å²) in [5.74, 6) is -0.724. The fourth-order valence-electron chi connectivity index (χ4n) is 2.32. The van der Waals surface area contributed by atoms with E-state index in [-0.39, 0.29) is 17.2 Å². The van der Waals surface area contributed by atoms with E-state index < -0.39 is 12.1 Å². The molecule has 0 aromatic heterocycles. The fraction of sp³-hybridized carbons (Fsp3) is 0.111. The first-order chi connectivity index (χ1) is 11.6. The summed E-state index contributed by atoms with van der Waals surface area (Å²) in [7, 11) is 0. The monoisotopic (exact) mass is 359 g/mol. The van der Waals surface area contributed by atoms with Gasteiger partial charge < -0.3 is 10.5 Å². The Kier molecular flexibility index (Phi) is 4.92. The van der Waals surface area contributed by atoms with E-state index >= 15 is 0 Å². The largest absolute Gasteiger partial charge is 0.452 e. The van der Waals surface area contributed by atoms with Gasteiger partial charge in [-0.2, -0.15) is 0 Å². The zero-order chi connectivity index (χ0) is 17.1. The van der Waals surface area contributed by atoms with E-state index in [1.165, 1.54) is 11.8 Å².